The molecule has 0 unspecified atom stereocenters. The first kappa shape index (κ1) is 12.0. The number of hydrogen-bond donors (Lipinski definition) is 1. The minimum absolute atomic E-state index is 0.170. The summed E-state index contributed by atoms with van der Waals surface area (Å²) in [5.41, 5.74) is 0.170. The molecule has 0 bridgehead atoms. The number of rotatable bonds is 3. The van der Waals surface area contributed by atoms with Gasteiger partial charge in [-0.25, -0.2) is 9.78 Å². The topological polar surface area (TPSA) is 53.4 Å². The lowest BCUT2D eigenvalue weighted by molar-refractivity contribution is 0.0702. The van der Waals surface area contributed by atoms with E-state index in [-0.39, 0.29) is 10.3 Å². The first-order valence-electron chi connectivity index (χ1n) is 4.70. The van der Waals surface area contributed by atoms with Crippen molar-refractivity contribution >= 4 is 22.4 Å². The Morgan fingerprint density at radius 3 is 2.60 bits per heavy atom. The number of aromatic carboxylic acids is 1. The third-order valence-electron chi connectivity index (χ3n) is 1.74. The molecule has 0 aliphatic carbocycles. The van der Waals surface area contributed by atoms with Gasteiger partial charge in [0.25, 0.3) is 0 Å². The van der Waals surface area contributed by atoms with Crippen LogP contribution in [0.3, 0.4) is 0 Å². The van der Waals surface area contributed by atoms with Gasteiger partial charge in [-0.1, -0.05) is 32.1 Å². The van der Waals surface area contributed by atoms with Crippen molar-refractivity contribution in [3.05, 3.63) is 11.1 Å². The first-order chi connectivity index (χ1) is 6.79. The second kappa shape index (κ2) is 4.18. The van der Waals surface area contributed by atoms with E-state index < -0.39 is 5.97 Å². The zero-order valence-electron chi connectivity index (χ0n) is 9.44. The van der Waals surface area contributed by atoms with Gasteiger partial charge in [-0.2, -0.15) is 0 Å². The number of carbonyl (C=O) groups is 1. The second-order valence-corrected chi connectivity index (χ2v) is 5.74. The van der Waals surface area contributed by atoms with Crippen LogP contribution in [0.4, 0.5) is 5.13 Å². The molecule has 1 rings (SSSR count). The maximum Gasteiger partial charge on any atom is 0.347 e. The van der Waals surface area contributed by atoms with Crippen molar-refractivity contribution in [2.75, 3.05) is 18.5 Å². The van der Waals surface area contributed by atoms with E-state index in [1.807, 2.05) is 11.9 Å². The summed E-state index contributed by atoms with van der Waals surface area (Å²) in [7, 11) is 1.93. The summed E-state index contributed by atoms with van der Waals surface area (Å²) in [4.78, 5) is 17.0. The largest absolute Gasteiger partial charge is 0.477 e. The molecule has 0 fully saturated rings. The number of carboxylic acids is 1. The van der Waals surface area contributed by atoms with Crippen molar-refractivity contribution in [3.63, 3.8) is 0 Å². The van der Waals surface area contributed by atoms with Crippen molar-refractivity contribution in [2.45, 2.75) is 20.8 Å². The first-order valence-corrected chi connectivity index (χ1v) is 5.51. The highest BCUT2D eigenvalue weighted by molar-refractivity contribution is 7.17. The van der Waals surface area contributed by atoms with E-state index in [1.165, 1.54) is 17.5 Å². The van der Waals surface area contributed by atoms with Gasteiger partial charge in [0.05, 0.1) is 6.20 Å². The predicted octanol–water partition coefficient (Wildman–Crippen LogP) is 2.32. The summed E-state index contributed by atoms with van der Waals surface area (Å²) in [6, 6.07) is 0. The normalized spacial score (nSPS) is 11.5. The number of carboxylic acid groups (broad SMARTS) is 1. The minimum Gasteiger partial charge on any atom is -0.477 e. The fourth-order valence-corrected chi connectivity index (χ4v) is 2.03. The van der Waals surface area contributed by atoms with Crippen molar-refractivity contribution in [2.24, 2.45) is 5.41 Å². The molecule has 15 heavy (non-hydrogen) atoms. The second-order valence-electron chi connectivity index (χ2n) is 4.73. The van der Waals surface area contributed by atoms with Gasteiger partial charge >= 0.3 is 5.97 Å². The molecule has 0 atom stereocenters. The van der Waals surface area contributed by atoms with Crippen LogP contribution in [-0.2, 0) is 0 Å². The third-order valence-corrected chi connectivity index (χ3v) is 2.84. The van der Waals surface area contributed by atoms with Crippen LogP contribution in [0, 0.1) is 5.41 Å². The van der Waals surface area contributed by atoms with Gasteiger partial charge in [0.1, 0.15) is 4.88 Å². The van der Waals surface area contributed by atoms with Gasteiger partial charge in [-0.3, -0.25) is 0 Å². The van der Waals surface area contributed by atoms with E-state index in [9.17, 15) is 4.79 Å². The Bertz CT molecular complexity index is 355. The maximum absolute atomic E-state index is 10.7. The van der Waals surface area contributed by atoms with Gasteiger partial charge in [0.2, 0.25) is 0 Å². The van der Waals surface area contributed by atoms with Crippen LogP contribution in [0.1, 0.15) is 30.4 Å². The highest BCUT2D eigenvalue weighted by Gasteiger charge is 2.17. The monoisotopic (exact) mass is 228 g/mol. The molecule has 0 saturated carbocycles. The smallest absolute Gasteiger partial charge is 0.347 e. The van der Waals surface area contributed by atoms with Gasteiger partial charge in [-0.05, 0) is 5.41 Å². The van der Waals surface area contributed by atoms with Gasteiger partial charge in [0.15, 0.2) is 5.13 Å². The molecule has 0 aliphatic rings. The molecule has 1 aromatic rings. The van der Waals surface area contributed by atoms with Crippen molar-refractivity contribution < 1.29 is 9.90 Å². The Morgan fingerprint density at radius 1 is 1.60 bits per heavy atom. The zero-order valence-corrected chi connectivity index (χ0v) is 10.3. The quantitative estimate of drug-likeness (QED) is 0.862. The maximum atomic E-state index is 10.7. The molecule has 1 heterocycles. The van der Waals surface area contributed by atoms with Crippen LogP contribution in [0.5, 0.6) is 0 Å². The highest BCUT2D eigenvalue weighted by Crippen LogP contribution is 2.24. The lowest BCUT2D eigenvalue weighted by atomic mass is 9.96. The summed E-state index contributed by atoms with van der Waals surface area (Å²) < 4.78 is 0. The van der Waals surface area contributed by atoms with Crippen LogP contribution in [0.2, 0.25) is 0 Å². The van der Waals surface area contributed by atoms with Crippen LogP contribution < -0.4 is 4.90 Å². The Hall–Kier alpha value is -1.10. The van der Waals surface area contributed by atoms with Crippen molar-refractivity contribution in [1.82, 2.24) is 4.98 Å². The van der Waals surface area contributed by atoms with Crippen LogP contribution >= 0.6 is 11.3 Å². The molecular weight excluding hydrogens is 212 g/mol. The zero-order chi connectivity index (χ0) is 11.6. The number of thiazole rings is 1. The molecular formula is C10H16N2O2S. The predicted molar refractivity (Wildman–Crippen MR) is 61.8 cm³/mol. The fraction of sp³-hybridized carbons (Fsp3) is 0.600. The van der Waals surface area contributed by atoms with E-state index in [4.69, 9.17) is 5.11 Å². The van der Waals surface area contributed by atoms with E-state index in [0.29, 0.717) is 0 Å². The summed E-state index contributed by atoms with van der Waals surface area (Å²) >= 11 is 1.21. The highest BCUT2D eigenvalue weighted by atomic mass is 32.1. The van der Waals surface area contributed by atoms with Gasteiger partial charge < -0.3 is 10.0 Å². The van der Waals surface area contributed by atoms with E-state index in [2.05, 4.69) is 25.8 Å². The van der Waals surface area contributed by atoms with Crippen LogP contribution in [0.15, 0.2) is 6.20 Å². The average molecular weight is 228 g/mol. The molecule has 4 nitrogen and oxygen atoms in total. The van der Waals surface area contributed by atoms with Crippen LogP contribution in [0.25, 0.3) is 0 Å². The summed E-state index contributed by atoms with van der Waals surface area (Å²) in [5, 5.41) is 9.52. The van der Waals surface area contributed by atoms with Gasteiger partial charge in [0, 0.05) is 13.6 Å². The molecule has 0 amide bonds. The molecule has 1 N–H and O–H groups in total. The van der Waals surface area contributed by atoms with Crippen molar-refractivity contribution in [1.29, 1.82) is 0 Å². The lowest BCUT2D eigenvalue weighted by Gasteiger charge is -2.25. The van der Waals surface area contributed by atoms with Gasteiger partial charge in [-0.15, -0.1) is 0 Å². The number of anilines is 1. The third kappa shape index (κ3) is 3.51. The number of hydrogen-bond acceptors (Lipinski definition) is 4. The molecule has 0 aliphatic heterocycles. The Kier molecular flexibility index (Phi) is 3.34. The molecule has 5 heteroatoms. The van der Waals surface area contributed by atoms with E-state index in [0.717, 1.165) is 11.7 Å². The number of nitrogens with zero attached hydrogens (tertiary/aromatic N) is 2. The van der Waals surface area contributed by atoms with E-state index >= 15 is 0 Å². The molecule has 1 aromatic heterocycles. The Labute approximate surface area is 93.6 Å². The lowest BCUT2D eigenvalue weighted by Crippen LogP contribution is -2.28. The molecule has 0 aromatic carbocycles. The minimum atomic E-state index is -0.914. The summed E-state index contributed by atoms with van der Waals surface area (Å²) in [5.74, 6) is -0.914. The molecule has 84 valence electrons. The standard InChI is InChI=1S/C10H16N2O2S/c1-10(2,3)6-12(4)9-11-5-7(15-9)8(13)14/h5H,6H2,1-4H3,(H,13,14). The summed E-state index contributed by atoms with van der Waals surface area (Å²) in [6.45, 7) is 7.25. The van der Waals surface area contributed by atoms with Crippen LogP contribution in [-0.4, -0.2) is 29.7 Å². The Balaban J connectivity index is 2.74. The Morgan fingerprint density at radius 2 is 2.20 bits per heavy atom. The molecule has 0 saturated heterocycles. The fourth-order valence-electron chi connectivity index (χ4n) is 1.32. The number of aromatic nitrogens is 1. The SMILES string of the molecule is CN(CC(C)(C)C)c1ncc(C(=O)O)s1. The average Bonchev–Trinajstić information content (AvgIpc) is 2.47. The molecule has 0 radical (unpaired) electrons. The van der Waals surface area contributed by atoms with Crippen molar-refractivity contribution in [3.8, 4) is 0 Å². The molecule has 0 spiro atoms. The van der Waals surface area contributed by atoms with E-state index in [1.54, 1.807) is 0 Å². The summed E-state index contributed by atoms with van der Waals surface area (Å²) in [6.07, 6.45) is 1.40.